The molecule has 0 aromatic carbocycles. The van der Waals surface area contributed by atoms with E-state index >= 15 is 0 Å². The van der Waals surface area contributed by atoms with Crippen molar-refractivity contribution >= 4 is 47.2 Å². The van der Waals surface area contributed by atoms with E-state index in [1.165, 1.54) is 23.3 Å². The normalized spacial score (nSPS) is 15.1. The zero-order valence-electron chi connectivity index (χ0n) is 17.1. The second-order valence-corrected chi connectivity index (χ2v) is 8.55. The van der Waals surface area contributed by atoms with Crippen LogP contribution in [0.25, 0.3) is 0 Å². The van der Waals surface area contributed by atoms with E-state index in [1.807, 2.05) is 4.90 Å². The first-order chi connectivity index (χ1) is 12.5. The Kier molecular flexibility index (Phi) is 11.3. The van der Waals surface area contributed by atoms with Crippen molar-refractivity contribution in [1.82, 2.24) is 15.5 Å². The molecule has 0 spiro atoms. The molecule has 0 fully saturated rings. The quantitative estimate of drug-likeness (QED) is 0.318. The van der Waals surface area contributed by atoms with Crippen molar-refractivity contribution in [3.63, 3.8) is 0 Å². The van der Waals surface area contributed by atoms with E-state index in [0.29, 0.717) is 19.0 Å². The second kappa shape index (κ2) is 12.6. The molecule has 0 saturated heterocycles. The van der Waals surface area contributed by atoms with Gasteiger partial charge >= 0.3 is 0 Å². The van der Waals surface area contributed by atoms with Crippen LogP contribution in [0.5, 0.6) is 0 Å². The highest BCUT2D eigenvalue weighted by Gasteiger charge is 2.21. The Balaban J connectivity index is 0.00000364. The highest BCUT2D eigenvalue weighted by molar-refractivity contribution is 14.0. The third-order valence-corrected chi connectivity index (χ3v) is 5.84. The van der Waals surface area contributed by atoms with Crippen LogP contribution in [0.15, 0.2) is 16.4 Å². The molecule has 27 heavy (non-hydrogen) atoms. The van der Waals surface area contributed by atoms with Crippen molar-refractivity contribution in [2.24, 2.45) is 10.9 Å². The van der Waals surface area contributed by atoms with Gasteiger partial charge in [0.2, 0.25) is 5.91 Å². The van der Waals surface area contributed by atoms with Crippen molar-refractivity contribution in [2.75, 3.05) is 20.1 Å². The van der Waals surface area contributed by atoms with Gasteiger partial charge in [-0.1, -0.05) is 26.7 Å². The first-order valence-corrected chi connectivity index (χ1v) is 10.7. The third-order valence-electron chi connectivity index (χ3n) is 4.82. The minimum absolute atomic E-state index is 0. The van der Waals surface area contributed by atoms with Crippen LogP contribution in [-0.4, -0.2) is 42.9 Å². The molecule has 0 aliphatic carbocycles. The zero-order valence-corrected chi connectivity index (χ0v) is 20.2. The van der Waals surface area contributed by atoms with Crippen LogP contribution in [0.1, 0.15) is 56.9 Å². The summed E-state index contributed by atoms with van der Waals surface area (Å²) in [6, 6.07) is 2.53. The lowest BCUT2D eigenvalue weighted by molar-refractivity contribution is -0.131. The van der Waals surface area contributed by atoms with Crippen LogP contribution in [-0.2, 0) is 17.8 Å². The molecule has 2 rings (SSSR count). The molecule has 1 atom stereocenters. The maximum absolute atomic E-state index is 12.5. The van der Waals surface area contributed by atoms with Crippen LogP contribution in [0.2, 0.25) is 0 Å². The fourth-order valence-corrected chi connectivity index (χ4v) is 4.13. The van der Waals surface area contributed by atoms with Crippen molar-refractivity contribution in [1.29, 1.82) is 0 Å². The smallest absolute Gasteiger partial charge is 0.224 e. The lowest BCUT2D eigenvalue weighted by Gasteiger charge is -2.27. The van der Waals surface area contributed by atoms with Gasteiger partial charge in [0.1, 0.15) is 0 Å². The van der Waals surface area contributed by atoms with E-state index in [9.17, 15) is 4.79 Å². The Morgan fingerprint density at radius 2 is 2.11 bits per heavy atom. The molecule has 0 radical (unpaired) electrons. The number of rotatable bonds is 8. The first kappa shape index (κ1) is 24.2. The zero-order chi connectivity index (χ0) is 18.9. The van der Waals surface area contributed by atoms with Gasteiger partial charge in [-0.15, -0.1) is 35.3 Å². The number of thiophene rings is 1. The Morgan fingerprint density at radius 3 is 2.81 bits per heavy atom. The molecule has 7 heteroatoms. The molecule has 1 unspecified atom stereocenters. The predicted octanol–water partition coefficient (Wildman–Crippen LogP) is 4.02. The van der Waals surface area contributed by atoms with E-state index in [4.69, 9.17) is 0 Å². The SMILES string of the molecule is CN=C(NCCC(=O)N1CCc2sccc2C1)NC(C)CCCC(C)C.I. The Labute approximate surface area is 185 Å². The fourth-order valence-electron chi connectivity index (χ4n) is 3.24. The van der Waals surface area contributed by atoms with Crippen molar-refractivity contribution < 1.29 is 4.79 Å². The number of nitrogens with one attached hydrogen (secondary N) is 2. The lowest BCUT2D eigenvalue weighted by atomic mass is 10.0. The van der Waals surface area contributed by atoms with Crippen LogP contribution in [0.4, 0.5) is 0 Å². The molecule has 1 aliphatic rings. The largest absolute Gasteiger partial charge is 0.356 e. The Morgan fingerprint density at radius 1 is 1.33 bits per heavy atom. The number of amides is 1. The van der Waals surface area contributed by atoms with E-state index in [-0.39, 0.29) is 29.9 Å². The minimum Gasteiger partial charge on any atom is -0.356 e. The van der Waals surface area contributed by atoms with Gasteiger partial charge in [0.25, 0.3) is 0 Å². The van der Waals surface area contributed by atoms with E-state index in [2.05, 4.69) is 47.8 Å². The van der Waals surface area contributed by atoms with Gasteiger partial charge in [-0.3, -0.25) is 9.79 Å². The summed E-state index contributed by atoms with van der Waals surface area (Å²) in [7, 11) is 1.78. The number of carbonyl (C=O) groups excluding carboxylic acids is 1. The van der Waals surface area contributed by atoms with E-state index < -0.39 is 0 Å². The maximum Gasteiger partial charge on any atom is 0.224 e. The Hall–Kier alpha value is -0.830. The van der Waals surface area contributed by atoms with Crippen LogP contribution >= 0.6 is 35.3 Å². The van der Waals surface area contributed by atoms with Gasteiger partial charge in [-0.2, -0.15) is 0 Å². The summed E-state index contributed by atoms with van der Waals surface area (Å²) in [6.45, 7) is 8.92. The molecule has 5 nitrogen and oxygen atoms in total. The molecule has 1 aromatic heterocycles. The molecule has 1 amide bonds. The summed E-state index contributed by atoms with van der Waals surface area (Å²) in [5.74, 6) is 1.76. The Bertz CT molecular complexity index is 603. The molecule has 1 aliphatic heterocycles. The van der Waals surface area contributed by atoms with Gasteiger partial charge in [0, 0.05) is 44.0 Å². The van der Waals surface area contributed by atoms with Gasteiger partial charge in [0.15, 0.2) is 5.96 Å². The number of nitrogens with zero attached hydrogens (tertiary/aromatic N) is 2. The van der Waals surface area contributed by atoms with Crippen LogP contribution in [0, 0.1) is 5.92 Å². The van der Waals surface area contributed by atoms with Crippen molar-refractivity contribution in [3.8, 4) is 0 Å². The maximum atomic E-state index is 12.5. The van der Waals surface area contributed by atoms with Gasteiger partial charge in [-0.25, -0.2) is 0 Å². The molecule has 1 aromatic rings. The monoisotopic (exact) mass is 506 g/mol. The average molecular weight is 506 g/mol. The number of hydrogen-bond acceptors (Lipinski definition) is 3. The molecule has 0 saturated carbocycles. The van der Waals surface area contributed by atoms with E-state index in [0.717, 1.165) is 37.8 Å². The molecule has 2 heterocycles. The van der Waals surface area contributed by atoms with Gasteiger partial charge < -0.3 is 15.5 Å². The van der Waals surface area contributed by atoms with Gasteiger partial charge in [-0.05, 0) is 42.7 Å². The summed E-state index contributed by atoms with van der Waals surface area (Å²) >= 11 is 1.80. The number of aliphatic imine (C=N–C) groups is 1. The molecular weight excluding hydrogens is 471 g/mol. The fraction of sp³-hybridized carbons (Fsp3) is 0.700. The molecule has 0 bridgehead atoms. The number of guanidine groups is 1. The summed E-state index contributed by atoms with van der Waals surface area (Å²) in [4.78, 5) is 20.1. The molecule has 154 valence electrons. The molecular formula is C20H35IN4OS. The topological polar surface area (TPSA) is 56.7 Å². The van der Waals surface area contributed by atoms with Crippen molar-refractivity contribution in [2.45, 2.75) is 65.5 Å². The predicted molar refractivity (Wildman–Crippen MR) is 126 cm³/mol. The highest BCUT2D eigenvalue weighted by Crippen LogP contribution is 2.24. The number of hydrogen-bond donors (Lipinski definition) is 2. The lowest BCUT2D eigenvalue weighted by Crippen LogP contribution is -2.44. The second-order valence-electron chi connectivity index (χ2n) is 7.55. The molecule has 2 N–H and O–H groups in total. The standard InChI is InChI=1S/C20H34N4OS.HI/c1-15(2)6-5-7-16(3)23-20(21-4)22-11-8-19(25)24-12-9-18-17(14-24)10-13-26-18;/h10,13,15-16H,5-9,11-12,14H2,1-4H3,(H2,21,22,23);1H. The first-order valence-electron chi connectivity index (χ1n) is 9.79. The summed E-state index contributed by atoms with van der Waals surface area (Å²) in [6.07, 6.45) is 5.11. The average Bonchev–Trinajstić information content (AvgIpc) is 3.08. The van der Waals surface area contributed by atoms with E-state index in [1.54, 1.807) is 18.4 Å². The number of halogens is 1. The third kappa shape index (κ3) is 8.37. The summed E-state index contributed by atoms with van der Waals surface area (Å²) < 4.78 is 0. The van der Waals surface area contributed by atoms with Crippen LogP contribution in [0.3, 0.4) is 0 Å². The van der Waals surface area contributed by atoms with Crippen LogP contribution < -0.4 is 10.6 Å². The van der Waals surface area contributed by atoms with Crippen molar-refractivity contribution in [3.05, 3.63) is 21.9 Å². The van der Waals surface area contributed by atoms with Gasteiger partial charge in [0.05, 0.1) is 0 Å². The summed E-state index contributed by atoms with van der Waals surface area (Å²) in [5, 5.41) is 8.82. The highest BCUT2D eigenvalue weighted by atomic mass is 127. The number of fused-ring (bicyclic) bond motifs is 1. The number of carbonyl (C=O) groups is 1. The summed E-state index contributed by atoms with van der Waals surface area (Å²) in [5.41, 5.74) is 1.32. The minimum atomic E-state index is 0.